The molecule has 1 heterocycles. The number of quaternary nitrogens is 1. The van der Waals surface area contributed by atoms with E-state index in [4.69, 9.17) is 0 Å². The van der Waals surface area contributed by atoms with E-state index in [1.807, 2.05) is 35.7 Å². The van der Waals surface area contributed by atoms with E-state index in [1.54, 1.807) is 17.0 Å². The first-order valence-corrected chi connectivity index (χ1v) is 7.54. The minimum absolute atomic E-state index is 0.149. The number of halogens is 1. The van der Waals surface area contributed by atoms with Crippen LogP contribution in [0.25, 0.3) is 0 Å². The zero-order chi connectivity index (χ0) is 11.5. The molecule has 0 amide bonds. The fourth-order valence-electron chi connectivity index (χ4n) is 1.79. The lowest BCUT2D eigenvalue weighted by Gasteiger charge is -2.37. The molecule has 1 aromatic rings. The first kappa shape index (κ1) is 12.3. The van der Waals surface area contributed by atoms with Gasteiger partial charge in [0.1, 0.15) is 5.82 Å². The highest BCUT2D eigenvalue weighted by Gasteiger charge is 2.38. The summed E-state index contributed by atoms with van der Waals surface area (Å²) in [6.45, 7) is 6.81. The molecule has 0 aliphatic carbocycles. The van der Waals surface area contributed by atoms with Crippen molar-refractivity contribution in [2.24, 2.45) is 0 Å². The highest BCUT2D eigenvalue weighted by molar-refractivity contribution is 8.32. The Kier molecular flexibility index (Phi) is 4.16. The molecule has 0 unspecified atom stereocenters. The standard InChI is InChI=1S/C12H16FNS2/c1-3-14(4-2)12-15-11(16-12)9-5-7-10(13)8-6-9/h5-8,11-12H,3-4H2,1-2H3/p+1. The second-order valence-electron chi connectivity index (χ2n) is 3.85. The Balaban J connectivity index is 1.90. The van der Waals surface area contributed by atoms with Crippen LogP contribution in [0.15, 0.2) is 24.3 Å². The number of rotatable bonds is 4. The third-order valence-electron chi connectivity index (χ3n) is 2.88. The summed E-state index contributed by atoms with van der Waals surface area (Å²) < 4.78 is 13.9. The second kappa shape index (κ2) is 5.43. The molecule has 1 fully saturated rings. The summed E-state index contributed by atoms with van der Waals surface area (Å²) in [7, 11) is 0. The van der Waals surface area contributed by atoms with Gasteiger partial charge >= 0.3 is 0 Å². The molecule has 1 aromatic carbocycles. The minimum Gasteiger partial charge on any atom is -0.316 e. The van der Waals surface area contributed by atoms with E-state index in [0.717, 1.165) is 0 Å². The van der Waals surface area contributed by atoms with Crippen molar-refractivity contribution in [2.75, 3.05) is 13.1 Å². The lowest BCUT2D eigenvalue weighted by molar-refractivity contribution is -0.893. The Hall–Kier alpha value is -0.190. The molecule has 16 heavy (non-hydrogen) atoms. The van der Waals surface area contributed by atoms with Crippen LogP contribution in [-0.2, 0) is 0 Å². The minimum atomic E-state index is -0.149. The Morgan fingerprint density at radius 1 is 1.12 bits per heavy atom. The number of thioether (sulfide) groups is 2. The number of hydrogen-bond acceptors (Lipinski definition) is 2. The van der Waals surface area contributed by atoms with Crippen LogP contribution in [0, 0.1) is 5.82 Å². The fourth-order valence-corrected chi connectivity index (χ4v) is 4.94. The second-order valence-corrected chi connectivity index (χ2v) is 6.88. The molecule has 0 aromatic heterocycles. The monoisotopic (exact) mass is 258 g/mol. The first-order chi connectivity index (χ1) is 7.74. The van der Waals surface area contributed by atoms with Crippen molar-refractivity contribution in [1.29, 1.82) is 0 Å². The molecule has 0 saturated carbocycles. The quantitative estimate of drug-likeness (QED) is 0.885. The summed E-state index contributed by atoms with van der Waals surface area (Å²) in [5.41, 5.74) is 1.24. The van der Waals surface area contributed by atoms with Gasteiger partial charge in [-0.2, -0.15) is 0 Å². The molecule has 2 rings (SSSR count). The maximum Gasteiger partial charge on any atom is 0.184 e. The van der Waals surface area contributed by atoms with Crippen LogP contribution in [0.4, 0.5) is 4.39 Å². The highest BCUT2D eigenvalue weighted by atomic mass is 32.3. The van der Waals surface area contributed by atoms with Gasteiger partial charge in [-0.25, -0.2) is 4.39 Å². The van der Waals surface area contributed by atoms with Crippen LogP contribution in [0.2, 0.25) is 0 Å². The van der Waals surface area contributed by atoms with Gasteiger partial charge in [0, 0.05) is 0 Å². The summed E-state index contributed by atoms with van der Waals surface area (Å²) in [4.78, 5) is 1.63. The molecule has 0 bridgehead atoms. The molecular formula is C12H17FNS2+. The SMILES string of the molecule is CC[NH+](CC)C1SC(c2ccc(F)cc2)S1. The molecule has 88 valence electrons. The molecular weight excluding hydrogens is 241 g/mol. The third-order valence-corrected chi connectivity index (χ3v) is 6.41. The smallest absolute Gasteiger partial charge is 0.184 e. The van der Waals surface area contributed by atoms with Crippen molar-refractivity contribution in [2.45, 2.75) is 23.1 Å². The topological polar surface area (TPSA) is 4.44 Å². The van der Waals surface area contributed by atoms with Crippen molar-refractivity contribution in [1.82, 2.24) is 0 Å². The van der Waals surface area contributed by atoms with Crippen molar-refractivity contribution >= 4 is 23.5 Å². The fraction of sp³-hybridized carbons (Fsp3) is 0.500. The average Bonchev–Trinajstić information content (AvgIpc) is 2.24. The zero-order valence-corrected chi connectivity index (χ0v) is 11.2. The summed E-state index contributed by atoms with van der Waals surface area (Å²) in [6, 6.07) is 6.89. The zero-order valence-electron chi connectivity index (χ0n) is 9.57. The van der Waals surface area contributed by atoms with Crippen LogP contribution in [0.5, 0.6) is 0 Å². The summed E-state index contributed by atoms with van der Waals surface area (Å²) in [6.07, 6.45) is 0. The Morgan fingerprint density at radius 3 is 2.19 bits per heavy atom. The van der Waals surface area contributed by atoms with E-state index in [0.29, 0.717) is 9.29 Å². The maximum atomic E-state index is 12.8. The van der Waals surface area contributed by atoms with Crippen molar-refractivity contribution in [3.05, 3.63) is 35.6 Å². The summed E-state index contributed by atoms with van der Waals surface area (Å²) in [5, 5.41) is 0. The van der Waals surface area contributed by atoms with Crippen LogP contribution < -0.4 is 4.90 Å². The van der Waals surface area contributed by atoms with E-state index >= 15 is 0 Å². The molecule has 1 aliphatic heterocycles. The van der Waals surface area contributed by atoms with E-state index in [-0.39, 0.29) is 5.82 Å². The lowest BCUT2D eigenvalue weighted by Crippen LogP contribution is -3.14. The highest BCUT2D eigenvalue weighted by Crippen LogP contribution is 2.55. The van der Waals surface area contributed by atoms with E-state index in [9.17, 15) is 4.39 Å². The number of benzene rings is 1. The van der Waals surface area contributed by atoms with Gasteiger partial charge < -0.3 is 4.90 Å². The molecule has 1 N–H and O–H groups in total. The van der Waals surface area contributed by atoms with Gasteiger partial charge in [0.05, 0.1) is 17.7 Å². The van der Waals surface area contributed by atoms with Gasteiger partial charge in [0.2, 0.25) is 0 Å². The van der Waals surface area contributed by atoms with Gasteiger partial charge in [-0.1, -0.05) is 35.7 Å². The van der Waals surface area contributed by atoms with Gasteiger partial charge in [0.15, 0.2) is 4.71 Å². The largest absolute Gasteiger partial charge is 0.316 e. The van der Waals surface area contributed by atoms with Crippen LogP contribution in [-0.4, -0.2) is 17.8 Å². The van der Waals surface area contributed by atoms with Crippen LogP contribution in [0.3, 0.4) is 0 Å². The summed E-state index contributed by atoms with van der Waals surface area (Å²) in [5.74, 6) is -0.149. The predicted octanol–water partition coefficient (Wildman–Crippen LogP) is 2.51. The van der Waals surface area contributed by atoms with Crippen molar-refractivity contribution in [3.8, 4) is 0 Å². The number of nitrogens with one attached hydrogen (secondary N) is 1. The molecule has 1 nitrogen and oxygen atoms in total. The van der Waals surface area contributed by atoms with Crippen LogP contribution >= 0.6 is 23.5 Å². The average molecular weight is 258 g/mol. The molecule has 1 saturated heterocycles. The predicted molar refractivity (Wildman–Crippen MR) is 70.2 cm³/mol. The lowest BCUT2D eigenvalue weighted by atomic mass is 10.2. The van der Waals surface area contributed by atoms with E-state index in [2.05, 4.69) is 13.8 Å². The molecule has 4 heteroatoms. The van der Waals surface area contributed by atoms with Gasteiger partial charge in [-0.05, 0) is 31.5 Å². The normalized spacial score (nSPS) is 24.5. The third kappa shape index (κ3) is 2.55. The van der Waals surface area contributed by atoms with Gasteiger partial charge in [-0.15, -0.1) is 0 Å². The molecule has 0 spiro atoms. The van der Waals surface area contributed by atoms with Crippen molar-refractivity contribution in [3.63, 3.8) is 0 Å². The molecule has 0 atom stereocenters. The Labute approximate surface area is 105 Å². The molecule has 0 radical (unpaired) electrons. The van der Waals surface area contributed by atoms with E-state index < -0.39 is 0 Å². The van der Waals surface area contributed by atoms with E-state index in [1.165, 1.54) is 18.7 Å². The van der Waals surface area contributed by atoms with Crippen molar-refractivity contribution < 1.29 is 9.29 Å². The van der Waals surface area contributed by atoms with Crippen LogP contribution in [0.1, 0.15) is 24.0 Å². The Morgan fingerprint density at radius 2 is 1.69 bits per heavy atom. The van der Waals surface area contributed by atoms with Gasteiger partial charge in [-0.3, -0.25) is 0 Å². The first-order valence-electron chi connectivity index (χ1n) is 5.65. The molecule has 1 aliphatic rings. The number of hydrogen-bond donors (Lipinski definition) is 1. The maximum absolute atomic E-state index is 12.8. The summed E-state index contributed by atoms with van der Waals surface area (Å²) >= 11 is 3.99. The Bertz CT molecular complexity index is 331. The van der Waals surface area contributed by atoms with Gasteiger partial charge in [0.25, 0.3) is 0 Å².